The van der Waals surface area contributed by atoms with Crippen molar-refractivity contribution in [2.45, 2.75) is 6.17 Å². The van der Waals surface area contributed by atoms with E-state index < -0.39 is 0 Å². The van der Waals surface area contributed by atoms with Crippen LogP contribution in [0.3, 0.4) is 0 Å². The molecule has 2 fully saturated rings. The quantitative estimate of drug-likeness (QED) is 0.441. The van der Waals surface area contributed by atoms with E-state index in [1.807, 2.05) is 0 Å². The van der Waals surface area contributed by atoms with E-state index in [2.05, 4.69) is 15.5 Å². The summed E-state index contributed by atoms with van der Waals surface area (Å²) in [6.07, 6.45) is 0.275. The predicted molar refractivity (Wildman–Crippen MR) is 31.9 cm³/mol. The fourth-order valence-corrected chi connectivity index (χ4v) is 1.03. The van der Waals surface area contributed by atoms with Crippen molar-refractivity contribution in [2.75, 3.05) is 19.6 Å². The third kappa shape index (κ3) is 0.853. The Balaban J connectivity index is 1.92. The minimum atomic E-state index is -0.0353. The number of carbonyl (C=O) groups is 1. The maximum Gasteiger partial charge on any atom is 0.316 e. The molecule has 0 radical (unpaired) electrons. The molecule has 0 saturated carbocycles. The van der Waals surface area contributed by atoms with Gasteiger partial charge in [-0.25, -0.2) is 4.79 Å². The first-order chi connectivity index (χ1) is 4.36. The third-order valence-corrected chi connectivity index (χ3v) is 1.68. The number of amides is 2. The standard InChI is InChI=1S/C5H9N3O/c9-5-6-3-4(7-5)8-1-2-8/h4H,1-3H2,(H2,6,7,9). The van der Waals surface area contributed by atoms with Crippen LogP contribution in [0, 0.1) is 0 Å². The average Bonchev–Trinajstić information content (AvgIpc) is 2.58. The molecule has 0 aromatic rings. The molecule has 0 aromatic carbocycles. The Hall–Kier alpha value is -0.770. The first-order valence-corrected chi connectivity index (χ1v) is 3.15. The number of carbonyl (C=O) groups excluding carboxylic acids is 1. The lowest BCUT2D eigenvalue weighted by Gasteiger charge is -2.06. The first kappa shape index (κ1) is 5.05. The van der Waals surface area contributed by atoms with Crippen LogP contribution >= 0.6 is 0 Å². The molecule has 2 heterocycles. The number of hydrogen-bond acceptors (Lipinski definition) is 2. The zero-order chi connectivity index (χ0) is 6.27. The van der Waals surface area contributed by atoms with Gasteiger partial charge in [-0.2, -0.15) is 0 Å². The van der Waals surface area contributed by atoms with Gasteiger partial charge in [0, 0.05) is 13.1 Å². The van der Waals surface area contributed by atoms with E-state index in [-0.39, 0.29) is 12.2 Å². The van der Waals surface area contributed by atoms with Gasteiger partial charge in [-0.1, -0.05) is 0 Å². The Labute approximate surface area is 53.2 Å². The number of hydrogen-bond donors (Lipinski definition) is 2. The Kier molecular flexibility index (Phi) is 0.900. The molecule has 9 heavy (non-hydrogen) atoms. The molecule has 2 aliphatic rings. The maximum atomic E-state index is 10.5. The summed E-state index contributed by atoms with van der Waals surface area (Å²) >= 11 is 0. The second kappa shape index (κ2) is 1.60. The van der Waals surface area contributed by atoms with Gasteiger partial charge in [0.2, 0.25) is 0 Å². The van der Waals surface area contributed by atoms with Gasteiger partial charge in [0.1, 0.15) is 6.17 Å². The summed E-state index contributed by atoms with van der Waals surface area (Å²) in [5.74, 6) is 0. The fourth-order valence-electron chi connectivity index (χ4n) is 1.03. The van der Waals surface area contributed by atoms with Gasteiger partial charge in [0.15, 0.2) is 0 Å². The highest BCUT2D eigenvalue weighted by Crippen LogP contribution is 2.09. The normalized spacial score (nSPS) is 33.8. The number of urea groups is 1. The topological polar surface area (TPSA) is 44.1 Å². The van der Waals surface area contributed by atoms with Crippen molar-refractivity contribution in [1.82, 2.24) is 15.5 Å². The zero-order valence-corrected chi connectivity index (χ0v) is 5.05. The Morgan fingerprint density at radius 1 is 1.56 bits per heavy atom. The monoisotopic (exact) mass is 127 g/mol. The molecule has 2 N–H and O–H groups in total. The Morgan fingerprint density at radius 2 is 2.33 bits per heavy atom. The van der Waals surface area contributed by atoms with E-state index >= 15 is 0 Å². The predicted octanol–water partition coefficient (Wildman–Crippen LogP) is -1.06. The van der Waals surface area contributed by atoms with Gasteiger partial charge in [-0.15, -0.1) is 0 Å². The molecule has 0 bridgehead atoms. The van der Waals surface area contributed by atoms with Crippen LogP contribution < -0.4 is 10.6 Å². The molecule has 0 aromatic heterocycles. The second-order valence-corrected chi connectivity index (χ2v) is 2.41. The zero-order valence-electron chi connectivity index (χ0n) is 5.05. The van der Waals surface area contributed by atoms with Gasteiger partial charge < -0.3 is 10.6 Å². The number of nitrogens with zero attached hydrogens (tertiary/aromatic N) is 1. The van der Waals surface area contributed by atoms with Crippen LogP contribution in [0.1, 0.15) is 0 Å². The van der Waals surface area contributed by atoms with Crippen LogP contribution in [0.4, 0.5) is 4.79 Å². The fraction of sp³-hybridized carbons (Fsp3) is 0.800. The van der Waals surface area contributed by atoms with Gasteiger partial charge in [0.05, 0.1) is 6.54 Å². The van der Waals surface area contributed by atoms with Gasteiger partial charge >= 0.3 is 6.03 Å². The van der Waals surface area contributed by atoms with Crippen LogP contribution in [0.15, 0.2) is 0 Å². The highest BCUT2D eigenvalue weighted by atomic mass is 16.2. The minimum absolute atomic E-state index is 0.0353. The van der Waals surface area contributed by atoms with Gasteiger partial charge in [-0.3, -0.25) is 4.90 Å². The largest absolute Gasteiger partial charge is 0.335 e. The number of nitrogens with one attached hydrogen (secondary N) is 2. The van der Waals surface area contributed by atoms with E-state index in [1.165, 1.54) is 0 Å². The van der Waals surface area contributed by atoms with Crippen molar-refractivity contribution >= 4 is 6.03 Å². The smallest absolute Gasteiger partial charge is 0.316 e. The Morgan fingerprint density at radius 3 is 2.78 bits per heavy atom. The van der Waals surface area contributed by atoms with E-state index in [0.29, 0.717) is 0 Å². The molecule has 1 atom stereocenters. The molecular weight excluding hydrogens is 118 g/mol. The SMILES string of the molecule is O=C1NCC(N2CC2)N1. The Bertz CT molecular complexity index is 143. The van der Waals surface area contributed by atoms with Crippen LogP contribution in [0.5, 0.6) is 0 Å². The minimum Gasteiger partial charge on any atom is -0.335 e. The first-order valence-electron chi connectivity index (χ1n) is 3.15. The third-order valence-electron chi connectivity index (χ3n) is 1.68. The lowest BCUT2D eigenvalue weighted by atomic mass is 10.5. The van der Waals surface area contributed by atoms with Crippen molar-refractivity contribution in [3.05, 3.63) is 0 Å². The average molecular weight is 127 g/mol. The van der Waals surface area contributed by atoms with Crippen LogP contribution in [0.25, 0.3) is 0 Å². The molecule has 50 valence electrons. The van der Waals surface area contributed by atoms with Crippen LogP contribution in [0.2, 0.25) is 0 Å². The molecule has 0 aliphatic carbocycles. The van der Waals surface area contributed by atoms with Gasteiger partial charge in [0.25, 0.3) is 0 Å². The lowest BCUT2D eigenvalue weighted by Crippen LogP contribution is -2.33. The van der Waals surface area contributed by atoms with Crippen molar-refractivity contribution in [2.24, 2.45) is 0 Å². The molecule has 2 rings (SSSR count). The van der Waals surface area contributed by atoms with E-state index in [9.17, 15) is 4.79 Å². The van der Waals surface area contributed by atoms with Crippen LogP contribution in [-0.4, -0.2) is 36.7 Å². The highest BCUT2D eigenvalue weighted by Gasteiger charge is 2.32. The summed E-state index contributed by atoms with van der Waals surface area (Å²) in [5, 5.41) is 5.49. The highest BCUT2D eigenvalue weighted by molar-refractivity contribution is 5.76. The number of rotatable bonds is 1. The van der Waals surface area contributed by atoms with Crippen molar-refractivity contribution in [3.8, 4) is 0 Å². The van der Waals surface area contributed by atoms with Crippen molar-refractivity contribution < 1.29 is 4.79 Å². The van der Waals surface area contributed by atoms with Gasteiger partial charge in [-0.05, 0) is 0 Å². The summed E-state index contributed by atoms with van der Waals surface area (Å²) in [6.45, 7) is 3.03. The molecule has 4 heteroatoms. The molecule has 2 aliphatic heterocycles. The second-order valence-electron chi connectivity index (χ2n) is 2.41. The summed E-state index contributed by atoms with van der Waals surface area (Å²) in [5.41, 5.74) is 0. The van der Waals surface area contributed by atoms with E-state index in [1.54, 1.807) is 0 Å². The maximum absolute atomic E-state index is 10.5. The van der Waals surface area contributed by atoms with E-state index in [0.717, 1.165) is 19.6 Å². The van der Waals surface area contributed by atoms with Crippen molar-refractivity contribution in [1.29, 1.82) is 0 Å². The summed E-state index contributed by atoms with van der Waals surface area (Å²) in [7, 11) is 0. The molecule has 0 spiro atoms. The summed E-state index contributed by atoms with van der Waals surface area (Å²) < 4.78 is 0. The van der Waals surface area contributed by atoms with Crippen molar-refractivity contribution in [3.63, 3.8) is 0 Å². The molecule has 1 unspecified atom stereocenters. The lowest BCUT2D eigenvalue weighted by molar-refractivity contribution is 0.245. The summed E-state index contributed by atoms with van der Waals surface area (Å²) in [4.78, 5) is 12.7. The van der Waals surface area contributed by atoms with E-state index in [4.69, 9.17) is 0 Å². The van der Waals surface area contributed by atoms with Crippen LogP contribution in [-0.2, 0) is 0 Å². The summed E-state index contributed by atoms with van der Waals surface area (Å²) in [6, 6.07) is -0.0353. The molecule has 2 amide bonds. The molecular formula is C5H9N3O. The molecule has 4 nitrogen and oxygen atoms in total. The molecule has 2 saturated heterocycles.